The predicted octanol–water partition coefficient (Wildman–Crippen LogP) is 3.52. The molecule has 2 aliphatic rings. The summed E-state index contributed by atoms with van der Waals surface area (Å²) in [5, 5.41) is 10.8. The van der Waals surface area contributed by atoms with E-state index in [0.29, 0.717) is 0 Å². The molecule has 11 heteroatoms. The molecule has 2 fully saturated rings. The zero-order chi connectivity index (χ0) is 30.6. The van der Waals surface area contributed by atoms with Crippen molar-refractivity contribution in [3.05, 3.63) is 29.8 Å². The van der Waals surface area contributed by atoms with E-state index >= 15 is 0 Å². The second-order valence-corrected chi connectivity index (χ2v) is 12.7. The van der Waals surface area contributed by atoms with E-state index in [1.165, 1.54) is 0 Å². The summed E-state index contributed by atoms with van der Waals surface area (Å²) in [5.41, 5.74) is -0.641. The maximum absolute atomic E-state index is 12.8. The first kappa shape index (κ1) is 33.2. The van der Waals surface area contributed by atoms with Gasteiger partial charge in [0.1, 0.15) is 41.4 Å². The van der Waals surface area contributed by atoms with Crippen molar-refractivity contribution in [2.75, 3.05) is 20.3 Å². The number of ether oxygens (including phenoxy) is 8. The van der Waals surface area contributed by atoms with Gasteiger partial charge in [-0.2, -0.15) is 0 Å². The molecule has 1 aromatic rings. The zero-order valence-electron chi connectivity index (χ0n) is 25.6. The molecule has 11 nitrogen and oxygen atoms in total. The van der Waals surface area contributed by atoms with Crippen molar-refractivity contribution in [1.82, 2.24) is 0 Å². The van der Waals surface area contributed by atoms with E-state index < -0.39 is 65.6 Å². The van der Waals surface area contributed by atoms with E-state index in [0.717, 1.165) is 11.3 Å². The molecule has 1 aromatic carbocycles. The average molecular weight is 583 g/mol. The molecule has 0 aliphatic carbocycles. The van der Waals surface area contributed by atoms with Crippen molar-refractivity contribution in [2.45, 2.75) is 116 Å². The van der Waals surface area contributed by atoms with Gasteiger partial charge in [0, 0.05) is 6.61 Å². The number of aliphatic hydroxyl groups is 1. The van der Waals surface area contributed by atoms with Gasteiger partial charge in [0.15, 0.2) is 18.0 Å². The Hall–Kier alpha value is -2.28. The SMILES string of the molecule is COc1ccc(CO[C@@H]2[C@H]3OC(C)(C)O[C@H]3[C@@H](COCCC(C(=O)OC(C)(C)C)C(=O)OC(C)(C)C)O[C@H]2O)cc1. The van der Waals surface area contributed by atoms with Crippen LogP contribution in [-0.4, -0.2) is 85.1 Å². The molecule has 1 N–H and O–H groups in total. The fourth-order valence-electron chi connectivity index (χ4n) is 4.56. The summed E-state index contributed by atoms with van der Waals surface area (Å²) in [5.74, 6) is -2.70. The highest BCUT2D eigenvalue weighted by molar-refractivity contribution is 5.95. The number of benzene rings is 1. The minimum Gasteiger partial charge on any atom is -0.497 e. The monoisotopic (exact) mass is 582 g/mol. The molecular formula is C30H46O11. The maximum Gasteiger partial charge on any atom is 0.320 e. The summed E-state index contributed by atoms with van der Waals surface area (Å²) in [4.78, 5) is 25.6. The fraction of sp³-hybridized carbons (Fsp3) is 0.733. The van der Waals surface area contributed by atoms with E-state index in [-0.39, 0.29) is 26.2 Å². The van der Waals surface area contributed by atoms with Gasteiger partial charge < -0.3 is 43.0 Å². The van der Waals surface area contributed by atoms with Crippen LogP contribution >= 0.6 is 0 Å². The van der Waals surface area contributed by atoms with Gasteiger partial charge in [0.2, 0.25) is 0 Å². The molecule has 41 heavy (non-hydrogen) atoms. The quantitative estimate of drug-likeness (QED) is 0.234. The molecule has 0 radical (unpaired) electrons. The summed E-state index contributed by atoms with van der Waals surface area (Å²) in [6, 6.07) is 7.41. The van der Waals surface area contributed by atoms with Gasteiger partial charge in [-0.15, -0.1) is 0 Å². The third-order valence-corrected chi connectivity index (χ3v) is 6.27. The highest BCUT2D eigenvalue weighted by Crippen LogP contribution is 2.38. The van der Waals surface area contributed by atoms with Crippen molar-refractivity contribution in [2.24, 2.45) is 5.92 Å². The van der Waals surface area contributed by atoms with Crippen LogP contribution in [0.25, 0.3) is 0 Å². The lowest BCUT2D eigenvalue weighted by Crippen LogP contribution is -2.58. The van der Waals surface area contributed by atoms with Gasteiger partial charge in [-0.05, 0) is 79.5 Å². The number of esters is 2. The lowest BCUT2D eigenvalue weighted by Gasteiger charge is -2.39. The Bertz CT molecular complexity index is 981. The molecule has 3 rings (SSSR count). The first-order chi connectivity index (χ1) is 19.0. The number of carbonyl (C=O) groups is 2. The Morgan fingerprint density at radius 3 is 2.05 bits per heavy atom. The number of methoxy groups -OCH3 is 1. The second-order valence-electron chi connectivity index (χ2n) is 12.7. The molecule has 2 aliphatic heterocycles. The fourth-order valence-corrected chi connectivity index (χ4v) is 4.56. The van der Waals surface area contributed by atoms with Crippen LogP contribution in [0.3, 0.4) is 0 Å². The third-order valence-electron chi connectivity index (χ3n) is 6.27. The van der Waals surface area contributed by atoms with Crippen molar-refractivity contribution >= 4 is 11.9 Å². The Morgan fingerprint density at radius 2 is 1.51 bits per heavy atom. The number of aliphatic hydroxyl groups excluding tert-OH is 1. The maximum atomic E-state index is 12.8. The van der Waals surface area contributed by atoms with Gasteiger partial charge in [0.05, 0.1) is 20.3 Å². The second kappa shape index (κ2) is 13.4. The molecule has 0 spiro atoms. The van der Waals surface area contributed by atoms with Crippen LogP contribution in [0.15, 0.2) is 24.3 Å². The molecule has 0 amide bonds. The summed E-state index contributed by atoms with van der Waals surface area (Å²) >= 11 is 0. The minimum absolute atomic E-state index is 0.0260. The Labute approximate surface area is 242 Å². The lowest BCUT2D eigenvalue weighted by atomic mass is 9.99. The number of rotatable bonds is 11. The van der Waals surface area contributed by atoms with E-state index in [1.54, 1.807) is 62.5 Å². The number of carbonyl (C=O) groups excluding carboxylic acids is 2. The van der Waals surface area contributed by atoms with Crippen molar-refractivity contribution in [3.63, 3.8) is 0 Å². The highest BCUT2D eigenvalue weighted by Gasteiger charge is 2.55. The summed E-state index contributed by atoms with van der Waals surface area (Å²) in [6.45, 7) is 14.2. The lowest BCUT2D eigenvalue weighted by molar-refractivity contribution is -0.280. The number of fused-ring (bicyclic) bond motifs is 1. The predicted molar refractivity (Wildman–Crippen MR) is 147 cm³/mol. The van der Waals surface area contributed by atoms with Gasteiger partial charge in [-0.25, -0.2) is 0 Å². The van der Waals surface area contributed by atoms with Crippen LogP contribution in [0.5, 0.6) is 5.75 Å². The zero-order valence-corrected chi connectivity index (χ0v) is 25.6. The van der Waals surface area contributed by atoms with Crippen molar-refractivity contribution in [1.29, 1.82) is 0 Å². The van der Waals surface area contributed by atoms with Crippen LogP contribution in [0.1, 0.15) is 67.4 Å². The topological polar surface area (TPSA) is 128 Å². The molecule has 0 saturated carbocycles. The highest BCUT2D eigenvalue weighted by atomic mass is 16.8. The number of hydrogen-bond donors (Lipinski definition) is 1. The molecule has 0 unspecified atom stereocenters. The Morgan fingerprint density at radius 1 is 0.951 bits per heavy atom. The van der Waals surface area contributed by atoms with Gasteiger partial charge in [-0.1, -0.05) is 12.1 Å². The summed E-state index contributed by atoms with van der Waals surface area (Å²) in [6.07, 6.45) is -3.93. The van der Waals surface area contributed by atoms with E-state index in [9.17, 15) is 14.7 Å². The van der Waals surface area contributed by atoms with Crippen molar-refractivity contribution < 1.29 is 52.6 Å². The smallest absolute Gasteiger partial charge is 0.320 e. The van der Waals surface area contributed by atoms with E-state index in [4.69, 9.17) is 37.9 Å². The molecule has 232 valence electrons. The van der Waals surface area contributed by atoms with Crippen LogP contribution in [0.2, 0.25) is 0 Å². The summed E-state index contributed by atoms with van der Waals surface area (Å²) in [7, 11) is 1.60. The van der Waals surface area contributed by atoms with Gasteiger partial charge >= 0.3 is 11.9 Å². The average Bonchev–Trinajstić information content (AvgIpc) is 3.16. The molecule has 2 heterocycles. The molecule has 2 saturated heterocycles. The van der Waals surface area contributed by atoms with E-state index in [1.807, 2.05) is 24.3 Å². The van der Waals surface area contributed by atoms with Crippen LogP contribution < -0.4 is 4.74 Å². The van der Waals surface area contributed by atoms with Crippen molar-refractivity contribution in [3.8, 4) is 5.75 Å². The van der Waals surface area contributed by atoms with Crippen LogP contribution in [0.4, 0.5) is 0 Å². The van der Waals surface area contributed by atoms with Gasteiger partial charge in [0.25, 0.3) is 0 Å². The molecule has 5 atom stereocenters. The first-order valence-corrected chi connectivity index (χ1v) is 14.0. The Kier molecular flexibility index (Phi) is 10.8. The molecular weight excluding hydrogens is 536 g/mol. The third kappa shape index (κ3) is 9.90. The normalized spacial score (nSPS) is 26.0. The van der Waals surface area contributed by atoms with Gasteiger partial charge in [-0.3, -0.25) is 9.59 Å². The molecule has 0 aromatic heterocycles. The summed E-state index contributed by atoms with van der Waals surface area (Å²) < 4.78 is 46.0. The molecule has 0 bridgehead atoms. The van der Waals surface area contributed by atoms with E-state index in [2.05, 4.69) is 0 Å². The largest absolute Gasteiger partial charge is 0.497 e. The van der Waals surface area contributed by atoms with Crippen LogP contribution in [-0.2, 0) is 49.4 Å². The minimum atomic E-state index is -1.29. The standard InChI is InChI=1S/C30H46O11/c1-28(2,3)40-25(31)20(26(32)41-29(4,5)6)14-15-35-17-21-22-23(39-30(7,8)38-22)24(27(33)37-21)36-16-18-10-12-19(34-9)13-11-18/h10-13,20-24,27,33H,14-17H2,1-9H3/t21-,22+,23+,24-,27-/m1/s1. The number of hydrogen-bond acceptors (Lipinski definition) is 11. The van der Waals surface area contributed by atoms with Crippen LogP contribution in [0, 0.1) is 5.92 Å². The Balaban J connectivity index is 1.60. The first-order valence-electron chi connectivity index (χ1n) is 14.0.